The third-order valence-electron chi connectivity index (χ3n) is 5.59. The van der Waals surface area contributed by atoms with Crippen molar-refractivity contribution in [1.82, 2.24) is 15.3 Å². The fourth-order valence-corrected chi connectivity index (χ4v) is 4.98. The van der Waals surface area contributed by atoms with Crippen molar-refractivity contribution in [1.29, 1.82) is 0 Å². The molecule has 2 saturated heterocycles. The quantitative estimate of drug-likeness (QED) is 0.486. The Hall–Kier alpha value is -0.790. The summed E-state index contributed by atoms with van der Waals surface area (Å²) in [6.07, 6.45) is 6.57. The van der Waals surface area contributed by atoms with Crippen LogP contribution in [0.5, 0.6) is 0 Å². The van der Waals surface area contributed by atoms with Gasteiger partial charge in [-0.3, -0.25) is 4.84 Å². The van der Waals surface area contributed by atoms with Gasteiger partial charge in [0.2, 0.25) is 0 Å². The van der Waals surface area contributed by atoms with E-state index < -0.39 is 0 Å². The average Bonchev–Trinajstić information content (AvgIpc) is 2.82. The van der Waals surface area contributed by atoms with Crippen LogP contribution in [-0.4, -0.2) is 55.5 Å². The number of nitrogens with one attached hydrogen (secondary N) is 1. The first kappa shape index (κ1) is 30.2. The normalized spacial score (nSPS) is 16.8. The minimum atomic E-state index is 0. The van der Waals surface area contributed by atoms with Crippen molar-refractivity contribution in [3.63, 3.8) is 0 Å². The Morgan fingerprint density at radius 2 is 1.52 bits per heavy atom. The van der Waals surface area contributed by atoms with Gasteiger partial charge in [0, 0.05) is 29.8 Å². The van der Waals surface area contributed by atoms with Gasteiger partial charge >= 0.3 is 0 Å². The predicted octanol–water partition coefficient (Wildman–Crippen LogP) is 6.04. The largest absolute Gasteiger partial charge is 0.317 e. The Morgan fingerprint density at radius 1 is 0.879 bits per heavy atom. The summed E-state index contributed by atoms with van der Waals surface area (Å²) < 4.78 is 0. The molecule has 1 N–H and O–H groups in total. The highest BCUT2D eigenvalue weighted by atomic mass is 35.5. The number of hydroxylamine groups is 2. The Balaban J connectivity index is 0.000000594. The van der Waals surface area contributed by atoms with E-state index >= 15 is 0 Å². The molecule has 0 radical (unpaired) electrons. The first-order chi connectivity index (χ1) is 15.2. The molecule has 7 heteroatoms. The third kappa shape index (κ3) is 12.5. The molecule has 4 rings (SSSR count). The maximum atomic E-state index is 5.94. The van der Waals surface area contributed by atoms with Crippen molar-refractivity contribution in [2.24, 2.45) is 0 Å². The van der Waals surface area contributed by atoms with Crippen molar-refractivity contribution in [2.75, 3.05) is 40.3 Å². The summed E-state index contributed by atoms with van der Waals surface area (Å²) in [5, 5.41) is 6.10. The summed E-state index contributed by atoms with van der Waals surface area (Å²) in [6, 6.07) is 19.4. The zero-order chi connectivity index (χ0) is 21.7. The van der Waals surface area contributed by atoms with Gasteiger partial charge in [0.05, 0.1) is 6.61 Å². The zero-order valence-electron chi connectivity index (χ0n) is 20.1. The summed E-state index contributed by atoms with van der Waals surface area (Å²) in [4.78, 5) is 9.52. The fraction of sp³-hybridized carbons (Fsp3) is 0.538. The van der Waals surface area contributed by atoms with Crippen LogP contribution in [0.2, 0.25) is 0 Å². The lowest BCUT2D eigenvalue weighted by molar-refractivity contribution is -0.177. The van der Waals surface area contributed by atoms with Gasteiger partial charge in [0.15, 0.2) is 0 Å². The van der Waals surface area contributed by atoms with Crippen LogP contribution in [0.1, 0.15) is 43.2 Å². The van der Waals surface area contributed by atoms with Crippen LogP contribution >= 0.6 is 36.6 Å². The van der Waals surface area contributed by atoms with Crippen LogP contribution in [0.15, 0.2) is 59.5 Å². The maximum absolute atomic E-state index is 5.94. The van der Waals surface area contributed by atoms with Gasteiger partial charge in [-0.15, -0.1) is 36.6 Å². The van der Waals surface area contributed by atoms with Crippen LogP contribution in [0.4, 0.5) is 0 Å². The van der Waals surface area contributed by atoms with Crippen molar-refractivity contribution in [3.8, 4) is 0 Å². The molecule has 2 aromatic carbocycles. The van der Waals surface area contributed by atoms with Crippen LogP contribution in [-0.2, 0) is 18.0 Å². The number of rotatable bonds is 7. The number of thioether (sulfide) groups is 1. The number of halogens is 2. The molecule has 2 aliphatic heterocycles. The van der Waals surface area contributed by atoms with Crippen LogP contribution in [0, 0.1) is 0 Å². The Kier molecular flexibility index (Phi) is 16.1. The Bertz CT molecular complexity index is 711. The van der Waals surface area contributed by atoms with Crippen LogP contribution in [0.25, 0.3) is 0 Å². The molecule has 0 bridgehead atoms. The molecule has 0 atom stereocenters. The van der Waals surface area contributed by atoms with Gasteiger partial charge < -0.3 is 10.2 Å². The van der Waals surface area contributed by atoms with Gasteiger partial charge in [-0.2, -0.15) is 5.06 Å². The molecular weight excluding hydrogens is 473 g/mol. The van der Waals surface area contributed by atoms with Gasteiger partial charge in [-0.1, -0.05) is 48.9 Å². The SMILES string of the molecule is C1CCNCC1.CN(C)Cc1ccc(SC2CCN(OCc3ccccc3)CC2)cc1.Cl.Cl. The lowest BCUT2D eigenvalue weighted by Gasteiger charge is -2.30. The Labute approximate surface area is 217 Å². The summed E-state index contributed by atoms with van der Waals surface area (Å²) >= 11 is 2.01. The molecule has 4 nitrogen and oxygen atoms in total. The van der Waals surface area contributed by atoms with Gasteiger partial charge in [0.1, 0.15) is 0 Å². The molecule has 2 aromatic rings. The summed E-state index contributed by atoms with van der Waals surface area (Å²) in [6.45, 7) is 6.21. The van der Waals surface area contributed by atoms with E-state index in [1.165, 1.54) is 61.2 Å². The smallest absolute Gasteiger partial charge is 0.0935 e. The standard InChI is InChI=1S/C21H28N2OS.C5H11N.2ClH/c1-22(2)16-18-8-10-20(11-9-18)25-21-12-14-23(15-13-21)24-17-19-6-4-3-5-7-19;1-2-4-6-5-3-1;;/h3-11,21H,12-17H2,1-2H3;6H,1-5H2;2*1H. The molecule has 0 aliphatic carbocycles. The molecule has 0 aromatic heterocycles. The monoisotopic (exact) mass is 513 g/mol. The number of hydrogen-bond acceptors (Lipinski definition) is 5. The highest BCUT2D eigenvalue weighted by Crippen LogP contribution is 2.30. The molecule has 2 fully saturated rings. The van der Waals surface area contributed by atoms with Gasteiger partial charge in [-0.25, -0.2) is 0 Å². The second kappa shape index (κ2) is 17.6. The fourth-order valence-electron chi connectivity index (χ4n) is 3.85. The lowest BCUT2D eigenvalue weighted by Crippen LogP contribution is -2.34. The van der Waals surface area contributed by atoms with Crippen molar-refractivity contribution < 1.29 is 4.84 Å². The molecule has 0 unspecified atom stereocenters. The van der Waals surface area contributed by atoms with Gasteiger partial charge in [0.25, 0.3) is 0 Å². The molecule has 33 heavy (non-hydrogen) atoms. The molecule has 2 heterocycles. The van der Waals surface area contributed by atoms with E-state index in [1.807, 2.05) is 17.8 Å². The molecule has 0 saturated carbocycles. The first-order valence-corrected chi connectivity index (χ1v) is 12.6. The second-order valence-electron chi connectivity index (χ2n) is 8.70. The van der Waals surface area contributed by atoms with Crippen molar-refractivity contribution >= 4 is 36.6 Å². The minimum Gasteiger partial charge on any atom is -0.317 e. The second-order valence-corrected chi connectivity index (χ2v) is 10.1. The van der Waals surface area contributed by atoms with E-state index in [1.54, 1.807) is 0 Å². The number of hydrogen-bond donors (Lipinski definition) is 1. The number of benzene rings is 2. The van der Waals surface area contributed by atoms with E-state index in [9.17, 15) is 0 Å². The summed E-state index contributed by atoms with van der Waals surface area (Å²) in [5.41, 5.74) is 2.61. The molecule has 0 spiro atoms. The van der Waals surface area contributed by atoms with E-state index in [4.69, 9.17) is 4.84 Å². The van der Waals surface area contributed by atoms with E-state index in [2.05, 4.69) is 77.9 Å². The molecular formula is C26H41Cl2N3OS. The summed E-state index contributed by atoms with van der Waals surface area (Å²) in [5.74, 6) is 0. The first-order valence-electron chi connectivity index (χ1n) is 11.7. The highest BCUT2D eigenvalue weighted by Gasteiger charge is 2.20. The highest BCUT2D eigenvalue weighted by molar-refractivity contribution is 8.00. The van der Waals surface area contributed by atoms with Crippen LogP contribution < -0.4 is 5.32 Å². The molecule has 0 amide bonds. The van der Waals surface area contributed by atoms with Crippen molar-refractivity contribution in [2.45, 2.75) is 55.4 Å². The van der Waals surface area contributed by atoms with E-state index in [0.717, 1.165) is 19.6 Å². The van der Waals surface area contributed by atoms with Crippen LogP contribution in [0.3, 0.4) is 0 Å². The number of piperidine rings is 2. The minimum absolute atomic E-state index is 0. The van der Waals surface area contributed by atoms with E-state index in [-0.39, 0.29) is 24.8 Å². The van der Waals surface area contributed by atoms with Crippen molar-refractivity contribution in [3.05, 3.63) is 65.7 Å². The third-order valence-corrected chi connectivity index (χ3v) is 6.94. The average molecular weight is 515 g/mol. The van der Waals surface area contributed by atoms with E-state index in [0.29, 0.717) is 11.9 Å². The number of nitrogens with zero attached hydrogens (tertiary/aromatic N) is 2. The molecule has 2 aliphatic rings. The predicted molar refractivity (Wildman–Crippen MR) is 147 cm³/mol. The maximum Gasteiger partial charge on any atom is 0.0935 e. The van der Waals surface area contributed by atoms with Gasteiger partial charge in [-0.05, 0) is 76.1 Å². The Morgan fingerprint density at radius 3 is 2.03 bits per heavy atom. The lowest BCUT2D eigenvalue weighted by atomic mass is 10.1. The summed E-state index contributed by atoms with van der Waals surface area (Å²) in [7, 11) is 4.21. The zero-order valence-corrected chi connectivity index (χ0v) is 22.5. The molecule has 186 valence electrons. The topological polar surface area (TPSA) is 27.7 Å².